The first kappa shape index (κ1) is 9.51. The third kappa shape index (κ3) is 1.32. The lowest BCUT2D eigenvalue weighted by Crippen LogP contribution is -2.51. The van der Waals surface area contributed by atoms with Crippen LogP contribution in [0.5, 0.6) is 0 Å². The lowest BCUT2D eigenvalue weighted by molar-refractivity contribution is -0.129. The van der Waals surface area contributed by atoms with E-state index in [9.17, 15) is 5.11 Å². The molecule has 2 saturated carbocycles. The Morgan fingerprint density at radius 3 is 2.31 bits per heavy atom. The predicted octanol–water partition coefficient (Wildman–Crippen LogP) is 2.97. The molecular weight excluding hydrogens is 160 g/mol. The maximum Gasteiger partial charge on any atom is 0.0673 e. The first-order chi connectivity index (χ1) is 5.96. The van der Waals surface area contributed by atoms with Gasteiger partial charge in [0.2, 0.25) is 0 Å². The molecule has 3 atom stereocenters. The van der Waals surface area contributed by atoms with Gasteiger partial charge in [-0.05, 0) is 49.4 Å². The van der Waals surface area contributed by atoms with E-state index >= 15 is 0 Å². The van der Waals surface area contributed by atoms with E-state index in [4.69, 9.17) is 0 Å². The highest BCUT2D eigenvalue weighted by Gasteiger charge is 2.51. The zero-order chi connectivity index (χ0) is 9.69. The molecule has 0 aromatic heterocycles. The summed E-state index contributed by atoms with van der Waals surface area (Å²) in [4.78, 5) is 0. The summed E-state index contributed by atoms with van der Waals surface area (Å²) in [5.74, 6) is 1.24. The number of fused-ring (bicyclic) bond motifs is 1. The topological polar surface area (TPSA) is 20.2 Å². The fourth-order valence-corrected chi connectivity index (χ4v) is 3.07. The SMILES string of the molecule is CC(C)[C@@]1(O)CC[C@]2(C)CC[C@@H]2C1. The van der Waals surface area contributed by atoms with Crippen molar-refractivity contribution < 1.29 is 5.11 Å². The van der Waals surface area contributed by atoms with Crippen molar-refractivity contribution in [3.05, 3.63) is 0 Å². The maximum absolute atomic E-state index is 10.4. The molecule has 2 aliphatic rings. The normalized spacial score (nSPS) is 50.1. The van der Waals surface area contributed by atoms with Crippen LogP contribution in [0.4, 0.5) is 0 Å². The molecule has 0 bridgehead atoms. The Morgan fingerprint density at radius 2 is 1.92 bits per heavy atom. The highest BCUT2D eigenvalue weighted by Crippen LogP contribution is 2.58. The molecule has 2 aliphatic carbocycles. The molecular formula is C12H22O. The van der Waals surface area contributed by atoms with Gasteiger partial charge < -0.3 is 5.11 Å². The standard InChI is InChI=1S/C12H22O/c1-9(2)12(13)7-6-11(3)5-4-10(11)8-12/h9-10,13H,4-8H2,1-3H3/t10-,11+,12-/m1/s1. The molecule has 1 nitrogen and oxygen atoms in total. The summed E-state index contributed by atoms with van der Waals surface area (Å²) in [7, 11) is 0. The first-order valence-corrected chi connectivity index (χ1v) is 5.69. The van der Waals surface area contributed by atoms with Gasteiger partial charge in [0, 0.05) is 0 Å². The fourth-order valence-electron chi connectivity index (χ4n) is 3.07. The molecule has 0 spiro atoms. The number of rotatable bonds is 1. The molecule has 0 aromatic carbocycles. The van der Waals surface area contributed by atoms with E-state index in [0.29, 0.717) is 11.3 Å². The lowest BCUT2D eigenvalue weighted by Gasteiger charge is -2.56. The summed E-state index contributed by atoms with van der Waals surface area (Å²) >= 11 is 0. The summed E-state index contributed by atoms with van der Waals surface area (Å²) in [6.45, 7) is 6.71. The van der Waals surface area contributed by atoms with Crippen LogP contribution < -0.4 is 0 Å². The quantitative estimate of drug-likeness (QED) is 0.661. The second kappa shape index (κ2) is 2.73. The van der Waals surface area contributed by atoms with Crippen LogP contribution in [-0.2, 0) is 0 Å². The third-order valence-corrected chi connectivity index (χ3v) is 4.85. The number of aliphatic hydroxyl groups is 1. The van der Waals surface area contributed by atoms with Gasteiger partial charge in [0.15, 0.2) is 0 Å². The molecule has 1 N–H and O–H groups in total. The number of hydrogen-bond acceptors (Lipinski definition) is 1. The maximum atomic E-state index is 10.4. The second-order valence-electron chi connectivity index (χ2n) is 5.85. The van der Waals surface area contributed by atoms with Gasteiger partial charge in [-0.25, -0.2) is 0 Å². The Labute approximate surface area is 81.5 Å². The Hall–Kier alpha value is -0.0400. The Bertz CT molecular complexity index is 211. The minimum Gasteiger partial charge on any atom is -0.390 e. The van der Waals surface area contributed by atoms with Gasteiger partial charge in [-0.15, -0.1) is 0 Å². The van der Waals surface area contributed by atoms with Crippen LogP contribution in [0, 0.1) is 17.3 Å². The van der Waals surface area contributed by atoms with Crippen molar-refractivity contribution in [2.45, 2.75) is 58.5 Å². The van der Waals surface area contributed by atoms with E-state index in [1.807, 2.05) is 0 Å². The van der Waals surface area contributed by atoms with Gasteiger partial charge >= 0.3 is 0 Å². The monoisotopic (exact) mass is 182 g/mol. The van der Waals surface area contributed by atoms with E-state index in [1.54, 1.807) is 0 Å². The van der Waals surface area contributed by atoms with Crippen molar-refractivity contribution in [3.8, 4) is 0 Å². The zero-order valence-corrected chi connectivity index (χ0v) is 9.14. The fraction of sp³-hybridized carbons (Fsp3) is 1.00. The lowest BCUT2D eigenvalue weighted by atomic mass is 9.51. The summed E-state index contributed by atoms with van der Waals surface area (Å²) in [6, 6.07) is 0. The van der Waals surface area contributed by atoms with E-state index in [0.717, 1.165) is 18.8 Å². The highest BCUT2D eigenvalue weighted by atomic mass is 16.3. The summed E-state index contributed by atoms with van der Waals surface area (Å²) in [6.07, 6.45) is 6.07. The molecule has 0 radical (unpaired) electrons. The minimum absolute atomic E-state index is 0.343. The average Bonchev–Trinajstić information content (AvgIpc) is 2.06. The number of hydrogen-bond donors (Lipinski definition) is 1. The Morgan fingerprint density at radius 1 is 1.23 bits per heavy atom. The smallest absolute Gasteiger partial charge is 0.0673 e. The van der Waals surface area contributed by atoms with Crippen molar-refractivity contribution in [2.24, 2.45) is 17.3 Å². The summed E-state index contributed by atoms with van der Waals surface area (Å²) < 4.78 is 0. The van der Waals surface area contributed by atoms with Crippen molar-refractivity contribution in [3.63, 3.8) is 0 Å². The largest absolute Gasteiger partial charge is 0.390 e. The van der Waals surface area contributed by atoms with Gasteiger partial charge in [-0.1, -0.05) is 20.8 Å². The third-order valence-electron chi connectivity index (χ3n) is 4.85. The van der Waals surface area contributed by atoms with E-state index < -0.39 is 0 Å². The van der Waals surface area contributed by atoms with Gasteiger partial charge in [-0.2, -0.15) is 0 Å². The van der Waals surface area contributed by atoms with Crippen LogP contribution in [0.1, 0.15) is 52.9 Å². The van der Waals surface area contributed by atoms with E-state index in [1.165, 1.54) is 19.3 Å². The minimum atomic E-state index is -0.343. The van der Waals surface area contributed by atoms with Crippen molar-refractivity contribution in [1.82, 2.24) is 0 Å². The van der Waals surface area contributed by atoms with Gasteiger partial charge in [0.25, 0.3) is 0 Å². The molecule has 0 aromatic rings. The van der Waals surface area contributed by atoms with Crippen LogP contribution >= 0.6 is 0 Å². The molecule has 0 saturated heterocycles. The summed E-state index contributed by atoms with van der Waals surface area (Å²) in [5, 5.41) is 10.4. The molecule has 2 rings (SSSR count). The van der Waals surface area contributed by atoms with Gasteiger partial charge in [0.1, 0.15) is 0 Å². The van der Waals surface area contributed by atoms with E-state index in [2.05, 4.69) is 20.8 Å². The Balaban J connectivity index is 2.07. The molecule has 0 aliphatic heterocycles. The Kier molecular flexibility index (Phi) is 1.99. The molecule has 76 valence electrons. The van der Waals surface area contributed by atoms with Crippen LogP contribution in [0.3, 0.4) is 0 Å². The van der Waals surface area contributed by atoms with Gasteiger partial charge in [-0.3, -0.25) is 0 Å². The summed E-state index contributed by atoms with van der Waals surface area (Å²) in [5.41, 5.74) is 0.256. The molecule has 13 heavy (non-hydrogen) atoms. The van der Waals surface area contributed by atoms with Crippen molar-refractivity contribution >= 4 is 0 Å². The van der Waals surface area contributed by atoms with Crippen molar-refractivity contribution in [1.29, 1.82) is 0 Å². The van der Waals surface area contributed by atoms with Crippen LogP contribution in [0.25, 0.3) is 0 Å². The van der Waals surface area contributed by atoms with Crippen LogP contribution in [-0.4, -0.2) is 10.7 Å². The van der Waals surface area contributed by atoms with E-state index in [-0.39, 0.29) is 5.60 Å². The second-order valence-corrected chi connectivity index (χ2v) is 5.85. The first-order valence-electron chi connectivity index (χ1n) is 5.69. The van der Waals surface area contributed by atoms with Crippen LogP contribution in [0.2, 0.25) is 0 Å². The van der Waals surface area contributed by atoms with Crippen LogP contribution in [0.15, 0.2) is 0 Å². The molecule has 0 heterocycles. The average molecular weight is 182 g/mol. The van der Waals surface area contributed by atoms with Crippen molar-refractivity contribution in [2.75, 3.05) is 0 Å². The highest BCUT2D eigenvalue weighted by molar-refractivity contribution is 5.02. The van der Waals surface area contributed by atoms with Gasteiger partial charge in [0.05, 0.1) is 5.60 Å². The molecule has 2 fully saturated rings. The molecule has 0 unspecified atom stereocenters. The predicted molar refractivity (Wildman–Crippen MR) is 54.5 cm³/mol. The molecule has 0 amide bonds. The zero-order valence-electron chi connectivity index (χ0n) is 9.14. The molecule has 1 heteroatoms.